The van der Waals surface area contributed by atoms with Crippen molar-refractivity contribution in [1.82, 2.24) is 0 Å². The Balaban J connectivity index is 2.50. The smallest absolute Gasteiger partial charge is 0.265 e. The number of anilines is 1. The number of nitrogens with one attached hydrogen (secondary N) is 1. The van der Waals surface area contributed by atoms with Gasteiger partial charge in [-0.3, -0.25) is 4.72 Å². The van der Waals surface area contributed by atoms with Gasteiger partial charge in [0.05, 0.1) is 12.8 Å². The molecule has 0 heterocycles. The first-order valence-electron chi connectivity index (χ1n) is 7.22. The summed E-state index contributed by atoms with van der Waals surface area (Å²) < 4.78 is 33.4. The Labute approximate surface area is 142 Å². The standard InChI is InChI=1S/C17H20ClNO3S/c1-11(2)13-8-9-16(22-4)17(10-13)23(20,21)19-15-7-5-6-14(18)12(15)3/h5-11,19H,1-4H3. The van der Waals surface area contributed by atoms with Crippen molar-refractivity contribution in [3.8, 4) is 5.75 Å². The van der Waals surface area contributed by atoms with Gasteiger partial charge in [-0.1, -0.05) is 37.6 Å². The molecule has 2 aromatic rings. The molecule has 0 aliphatic carbocycles. The van der Waals surface area contributed by atoms with Crippen molar-refractivity contribution in [2.75, 3.05) is 11.8 Å². The first-order valence-corrected chi connectivity index (χ1v) is 9.08. The van der Waals surface area contributed by atoms with E-state index >= 15 is 0 Å². The van der Waals surface area contributed by atoms with E-state index < -0.39 is 10.0 Å². The van der Waals surface area contributed by atoms with Gasteiger partial charge >= 0.3 is 0 Å². The Hall–Kier alpha value is -1.72. The largest absolute Gasteiger partial charge is 0.495 e. The van der Waals surface area contributed by atoms with E-state index in [1.54, 1.807) is 37.3 Å². The number of ether oxygens (including phenoxy) is 1. The van der Waals surface area contributed by atoms with Crippen LogP contribution in [0.1, 0.15) is 30.9 Å². The summed E-state index contributed by atoms with van der Waals surface area (Å²) in [5, 5.41) is 0.507. The van der Waals surface area contributed by atoms with Crippen molar-refractivity contribution in [1.29, 1.82) is 0 Å². The highest BCUT2D eigenvalue weighted by Crippen LogP contribution is 2.31. The summed E-state index contributed by atoms with van der Waals surface area (Å²) in [7, 11) is -2.33. The van der Waals surface area contributed by atoms with Crippen molar-refractivity contribution in [3.05, 3.63) is 52.5 Å². The Morgan fingerprint density at radius 2 is 1.87 bits per heavy atom. The highest BCUT2D eigenvalue weighted by Gasteiger charge is 2.22. The van der Waals surface area contributed by atoms with E-state index in [0.29, 0.717) is 22.0 Å². The number of halogens is 1. The van der Waals surface area contributed by atoms with Gasteiger partial charge in [0.25, 0.3) is 10.0 Å². The summed E-state index contributed by atoms with van der Waals surface area (Å²) in [5.41, 5.74) is 2.06. The molecule has 0 spiro atoms. The van der Waals surface area contributed by atoms with Crippen LogP contribution in [0.5, 0.6) is 5.75 Å². The van der Waals surface area contributed by atoms with Gasteiger partial charge in [-0.25, -0.2) is 8.42 Å². The van der Waals surface area contributed by atoms with E-state index in [2.05, 4.69) is 4.72 Å². The topological polar surface area (TPSA) is 55.4 Å². The molecule has 1 N–H and O–H groups in total. The van der Waals surface area contributed by atoms with Crippen molar-refractivity contribution in [3.63, 3.8) is 0 Å². The van der Waals surface area contributed by atoms with Crippen LogP contribution in [0.4, 0.5) is 5.69 Å². The third-order valence-electron chi connectivity index (χ3n) is 3.66. The predicted molar refractivity (Wildman–Crippen MR) is 94.1 cm³/mol. The van der Waals surface area contributed by atoms with Gasteiger partial charge in [0.15, 0.2) is 0 Å². The normalized spacial score (nSPS) is 11.6. The molecular formula is C17H20ClNO3S. The van der Waals surface area contributed by atoms with Crippen LogP contribution in [0.15, 0.2) is 41.3 Å². The number of rotatable bonds is 5. The van der Waals surface area contributed by atoms with E-state index in [-0.39, 0.29) is 10.8 Å². The lowest BCUT2D eigenvalue weighted by molar-refractivity contribution is 0.402. The van der Waals surface area contributed by atoms with Crippen LogP contribution in [0.25, 0.3) is 0 Å². The number of benzene rings is 2. The first-order chi connectivity index (χ1) is 10.8. The molecule has 4 nitrogen and oxygen atoms in total. The number of hydrogen-bond donors (Lipinski definition) is 1. The van der Waals surface area contributed by atoms with Gasteiger partial charge in [-0.05, 0) is 48.2 Å². The molecule has 2 rings (SSSR count). The third kappa shape index (κ3) is 3.79. The fraction of sp³-hybridized carbons (Fsp3) is 0.294. The molecule has 0 saturated heterocycles. The van der Waals surface area contributed by atoms with Crippen LogP contribution in [-0.4, -0.2) is 15.5 Å². The van der Waals surface area contributed by atoms with Crippen LogP contribution >= 0.6 is 11.6 Å². The maximum atomic E-state index is 12.8. The van der Waals surface area contributed by atoms with Crippen molar-refractivity contribution in [2.24, 2.45) is 0 Å². The van der Waals surface area contributed by atoms with Gasteiger partial charge < -0.3 is 4.74 Å². The van der Waals surface area contributed by atoms with Crippen LogP contribution in [0, 0.1) is 6.92 Å². The number of sulfonamides is 1. The van der Waals surface area contributed by atoms with Crippen LogP contribution < -0.4 is 9.46 Å². The molecule has 23 heavy (non-hydrogen) atoms. The molecule has 0 aliphatic heterocycles. The summed E-state index contributed by atoms with van der Waals surface area (Å²) in [6.07, 6.45) is 0. The summed E-state index contributed by atoms with van der Waals surface area (Å²) in [6, 6.07) is 10.3. The lowest BCUT2D eigenvalue weighted by atomic mass is 10.0. The van der Waals surface area contributed by atoms with Crippen molar-refractivity contribution in [2.45, 2.75) is 31.6 Å². The molecule has 0 amide bonds. The third-order valence-corrected chi connectivity index (χ3v) is 5.45. The van der Waals surface area contributed by atoms with E-state index in [0.717, 1.165) is 5.56 Å². The minimum atomic E-state index is -3.79. The van der Waals surface area contributed by atoms with Crippen LogP contribution in [0.3, 0.4) is 0 Å². The molecule has 0 atom stereocenters. The fourth-order valence-electron chi connectivity index (χ4n) is 2.18. The molecule has 6 heteroatoms. The molecule has 0 aliphatic rings. The van der Waals surface area contributed by atoms with Crippen LogP contribution in [-0.2, 0) is 10.0 Å². The van der Waals surface area contributed by atoms with E-state index in [9.17, 15) is 8.42 Å². The monoisotopic (exact) mass is 353 g/mol. The molecule has 0 fully saturated rings. The van der Waals surface area contributed by atoms with E-state index in [4.69, 9.17) is 16.3 Å². The van der Waals surface area contributed by atoms with Gasteiger partial charge in [0, 0.05) is 5.02 Å². The summed E-state index contributed by atoms with van der Waals surface area (Å²) in [4.78, 5) is 0.116. The highest BCUT2D eigenvalue weighted by molar-refractivity contribution is 7.92. The Morgan fingerprint density at radius 1 is 1.17 bits per heavy atom. The summed E-state index contributed by atoms with van der Waals surface area (Å²) >= 11 is 6.05. The van der Waals surface area contributed by atoms with E-state index in [1.165, 1.54) is 7.11 Å². The van der Waals surface area contributed by atoms with Gasteiger partial charge in [-0.2, -0.15) is 0 Å². The zero-order valence-corrected chi connectivity index (χ0v) is 15.1. The Bertz CT molecular complexity index is 817. The number of hydrogen-bond acceptors (Lipinski definition) is 3. The van der Waals surface area contributed by atoms with E-state index in [1.807, 2.05) is 19.9 Å². The maximum absolute atomic E-state index is 12.8. The van der Waals surface area contributed by atoms with Crippen LogP contribution in [0.2, 0.25) is 5.02 Å². The summed E-state index contributed by atoms with van der Waals surface area (Å²) in [6.45, 7) is 5.78. The molecule has 0 unspecified atom stereocenters. The fourth-order valence-corrected chi connectivity index (χ4v) is 3.68. The average Bonchev–Trinajstić information content (AvgIpc) is 2.51. The average molecular weight is 354 g/mol. The quantitative estimate of drug-likeness (QED) is 0.855. The van der Waals surface area contributed by atoms with Gasteiger partial charge in [0.1, 0.15) is 10.6 Å². The minimum Gasteiger partial charge on any atom is -0.495 e. The maximum Gasteiger partial charge on any atom is 0.265 e. The zero-order chi connectivity index (χ0) is 17.2. The van der Waals surface area contributed by atoms with Gasteiger partial charge in [0.2, 0.25) is 0 Å². The molecule has 2 aromatic carbocycles. The Kier molecular flexibility index (Phi) is 5.22. The summed E-state index contributed by atoms with van der Waals surface area (Å²) in [5.74, 6) is 0.518. The SMILES string of the molecule is COc1ccc(C(C)C)cc1S(=O)(=O)Nc1cccc(Cl)c1C. The molecule has 0 saturated carbocycles. The Morgan fingerprint density at radius 3 is 2.48 bits per heavy atom. The molecule has 0 radical (unpaired) electrons. The second-order valence-corrected chi connectivity index (χ2v) is 7.64. The second-order valence-electron chi connectivity index (χ2n) is 5.58. The van der Waals surface area contributed by atoms with Crippen molar-refractivity contribution < 1.29 is 13.2 Å². The predicted octanol–water partition coefficient (Wildman–Crippen LogP) is 4.58. The molecule has 124 valence electrons. The molecule has 0 aromatic heterocycles. The second kappa shape index (κ2) is 6.81. The molecular weight excluding hydrogens is 334 g/mol. The lowest BCUT2D eigenvalue weighted by Gasteiger charge is -2.15. The molecule has 0 bridgehead atoms. The highest BCUT2D eigenvalue weighted by atomic mass is 35.5. The zero-order valence-electron chi connectivity index (χ0n) is 13.6. The van der Waals surface area contributed by atoms with Gasteiger partial charge in [-0.15, -0.1) is 0 Å². The minimum absolute atomic E-state index is 0.116. The number of methoxy groups -OCH3 is 1. The van der Waals surface area contributed by atoms with Crippen molar-refractivity contribution >= 4 is 27.3 Å². The first kappa shape index (κ1) is 17.6. The lowest BCUT2D eigenvalue weighted by Crippen LogP contribution is -2.15.